The molecule has 224 valence electrons. The summed E-state index contributed by atoms with van der Waals surface area (Å²) in [5.41, 5.74) is 8.76. The molecular formula is C29H40N4O7S. The molecule has 0 aromatic heterocycles. The van der Waals surface area contributed by atoms with Crippen LogP contribution < -0.4 is 21.1 Å². The molecule has 41 heavy (non-hydrogen) atoms. The normalized spacial score (nSPS) is 15.8. The Balaban J connectivity index is 1.77. The number of nitrogens with zero attached hydrogens (tertiary/aromatic N) is 1. The first-order valence-corrected chi connectivity index (χ1v) is 14.7. The quantitative estimate of drug-likeness (QED) is 0.271. The summed E-state index contributed by atoms with van der Waals surface area (Å²) in [5, 5.41) is 14.7. The topological polar surface area (TPSA) is 169 Å². The van der Waals surface area contributed by atoms with Crippen molar-refractivity contribution in [3.8, 4) is 5.75 Å². The second-order valence-corrected chi connectivity index (χ2v) is 13.4. The van der Waals surface area contributed by atoms with Crippen LogP contribution in [0.4, 0.5) is 10.5 Å². The second kappa shape index (κ2) is 11.6. The molecule has 1 aliphatic rings. The van der Waals surface area contributed by atoms with Gasteiger partial charge in [0.15, 0.2) is 0 Å². The van der Waals surface area contributed by atoms with Gasteiger partial charge < -0.3 is 30.9 Å². The standard InChI is InChI=1S/C29H40N4O7S/c1-16-17(2)24(18(3)21-13-14-29(7,8)39-23(16)21)41(37,38)33-26(30)31-20-11-9-19(10-12-20)15-22(25(34)35)32-27(36)40-28(4,5)6/h9-12,22H,13-15H2,1-8H3,(H,32,36)(H,34,35)(H3,30,31,33)/t22-/m1/s1. The fourth-order valence-electron chi connectivity index (χ4n) is 4.69. The second-order valence-electron chi connectivity index (χ2n) is 11.9. The van der Waals surface area contributed by atoms with Gasteiger partial charge in [-0.1, -0.05) is 12.1 Å². The van der Waals surface area contributed by atoms with Gasteiger partial charge in [-0.25, -0.2) is 9.59 Å². The Labute approximate surface area is 241 Å². The van der Waals surface area contributed by atoms with Gasteiger partial charge in [0.25, 0.3) is 10.0 Å². The number of sulfonamides is 1. The van der Waals surface area contributed by atoms with Crippen LogP contribution in [0.2, 0.25) is 0 Å². The molecule has 0 saturated carbocycles. The molecule has 1 aliphatic heterocycles. The van der Waals surface area contributed by atoms with Gasteiger partial charge in [0.2, 0.25) is 5.96 Å². The third kappa shape index (κ3) is 7.90. The van der Waals surface area contributed by atoms with Crippen LogP contribution in [-0.2, 0) is 32.4 Å². The van der Waals surface area contributed by atoms with Gasteiger partial charge in [0.05, 0.1) is 4.90 Å². The van der Waals surface area contributed by atoms with Crippen molar-refractivity contribution >= 4 is 33.7 Å². The molecule has 0 radical (unpaired) electrons. The van der Waals surface area contributed by atoms with Crippen molar-refractivity contribution in [1.82, 2.24) is 5.32 Å². The van der Waals surface area contributed by atoms with Crippen LogP contribution in [0.25, 0.3) is 0 Å². The minimum absolute atomic E-state index is 0.00391. The smallest absolute Gasteiger partial charge is 0.408 e. The lowest BCUT2D eigenvalue weighted by molar-refractivity contribution is -0.139. The van der Waals surface area contributed by atoms with E-state index in [0.29, 0.717) is 28.8 Å². The molecule has 3 rings (SSSR count). The van der Waals surface area contributed by atoms with Crippen LogP contribution >= 0.6 is 0 Å². The van der Waals surface area contributed by atoms with Gasteiger partial charge in [-0.2, -0.15) is 8.42 Å². The van der Waals surface area contributed by atoms with Crippen LogP contribution in [0.5, 0.6) is 5.75 Å². The molecule has 12 heteroatoms. The highest BCUT2D eigenvalue weighted by atomic mass is 32.2. The number of benzene rings is 2. The number of carboxylic acids is 1. The molecule has 1 amide bonds. The van der Waals surface area contributed by atoms with E-state index in [1.807, 2.05) is 20.8 Å². The zero-order valence-corrected chi connectivity index (χ0v) is 25.7. The number of ether oxygens (including phenoxy) is 2. The number of carbonyl (C=O) groups is 2. The number of nitrogens with two attached hydrogens (primary N) is 1. The molecule has 0 unspecified atom stereocenters. The monoisotopic (exact) mass is 588 g/mol. The molecule has 11 nitrogen and oxygen atoms in total. The maximum Gasteiger partial charge on any atom is 0.408 e. The molecule has 1 heterocycles. The summed E-state index contributed by atoms with van der Waals surface area (Å²) in [6.45, 7) is 14.4. The molecule has 5 N–H and O–H groups in total. The van der Waals surface area contributed by atoms with Crippen LogP contribution in [0.15, 0.2) is 33.6 Å². The molecule has 0 aliphatic carbocycles. The molecule has 0 fully saturated rings. The SMILES string of the molecule is Cc1c(C)c(S(=O)(=O)/N=C(\N)Nc2ccc(C[C@@H](NC(=O)OC(C)(C)C)C(=O)O)cc2)c(C)c2c1OC(C)(C)CC2. The number of guanidine groups is 1. The van der Waals surface area contributed by atoms with Crippen LogP contribution in [0.1, 0.15) is 68.9 Å². The maximum atomic E-state index is 13.4. The van der Waals surface area contributed by atoms with Crippen molar-refractivity contribution in [1.29, 1.82) is 0 Å². The van der Waals surface area contributed by atoms with Crippen LogP contribution in [0.3, 0.4) is 0 Å². The zero-order chi connectivity index (χ0) is 30.9. The number of anilines is 1. The van der Waals surface area contributed by atoms with E-state index >= 15 is 0 Å². The van der Waals surface area contributed by atoms with Gasteiger partial charge in [-0.3, -0.25) is 0 Å². The summed E-state index contributed by atoms with van der Waals surface area (Å²) in [6.07, 6.45) is 0.627. The number of hydrogen-bond donors (Lipinski definition) is 4. The van der Waals surface area contributed by atoms with E-state index in [1.54, 1.807) is 58.9 Å². The van der Waals surface area contributed by atoms with E-state index in [4.69, 9.17) is 15.2 Å². The third-order valence-electron chi connectivity index (χ3n) is 6.80. The summed E-state index contributed by atoms with van der Waals surface area (Å²) in [7, 11) is -4.16. The molecule has 2 aromatic carbocycles. The number of carboxylic acid groups (broad SMARTS) is 1. The Morgan fingerprint density at radius 1 is 1.12 bits per heavy atom. The van der Waals surface area contributed by atoms with E-state index in [1.165, 1.54) is 0 Å². The number of nitrogens with one attached hydrogen (secondary N) is 2. The number of hydrogen-bond acceptors (Lipinski definition) is 6. The summed E-state index contributed by atoms with van der Waals surface area (Å²) in [5.74, 6) is -0.797. The highest BCUT2D eigenvalue weighted by Gasteiger charge is 2.33. The fraction of sp³-hybridized carbons (Fsp3) is 0.483. The van der Waals surface area contributed by atoms with Crippen molar-refractivity contribution in [2.24, 2.45) is 10.1 Å². The number of aliphatic carboxylic acids is 1. The Morgan fingerprint density at radius 3 is 2.29 bits per heavy atom. The van der Waals surface area contributed by atoms with E-state index in [-0.39, 0.29) is 22.9 Å². The summed E-state index contributed by atoms with van der Waals surface area (Å²) in [4.78, 5) is 23.8. The van der Waals surface area contributed by atoms with Crippen molar-refractivity contribution in [2.75, 3.05) is 5.32 Å². The minimum atomic E-state index is -4.16. The number of amides is 1. The van der Waals surface area contributed by atoms with Gasteiger partial charge in [-0.15, -0.1) is 4.40 Å². The lowest BCUT2D eigenvalue weighted by Crippen LogP contribution is -2.44. The highest BCUT2D eigenvalue weighted by Crippen LogP contribution is 2.42. The average Bonchev–Trinajstić information content (AvgIpc) is 2.81. The Morgan fingerprint density at radius 2 is 1.73 bits per heavy atom. The van der Waals surface area contributed by atoms with Gasteiger partial charge in [0, 0.05) is 12.1 Å². The number of rotatable bonds is 7. The number of fused-ring (bicyclic) bond motifs is 1. The number of carbonyl (C=O) groups excluding carboxylic acids is 1. The molecule has 1 atom stereocenters. The van der Waals surface area contributed by atoms with Crippen molar-refractivity contribution in [3.05, 3.63) is 52.1 Å². The predicted molar refractivity (Wildman–Crippen MR) is 157 cm³/mol. The van der Waals surface area contributed by atoms with E-state index in [9.17, 15) is 23.1 Å². The van der Waals surface area contributed by atoms with Gasteiger partial charge >= 0.3 is 12.1 Å². The van der Waals surface area contributed by atoms with Crippen molar-refractivity contribution in [3.63, 3.8) is 0 Å². The first-order valence-electron chi connectivity index (χ1n) is 13.3. The first kappa shape index (κ1) is 31.7. The van der Waals surface area contributed by atoms with E-state index < -0.39 is 33.7 Å². The lowest BCUT2D eigenvalue weighted by Gasteiger charge is -2.35. The van der Waals surface area contributed by atoms with E-state index in [2.05, 4.69) is 15.0 Å². The lowest BCUT2D eigenvalue weighted by atomic mass is 9.88. The molecule has 0 bridgehead atoms. The zero-order valence-electron chi connectivity index (χ0n) is 24.8. The van der Waals surface area contributed by atoms with Crippen LogP contribution in [-0.4, -0.2) is 48.8 Å². The molecule has 0 spiro atoms. The highest BCUT2D eigenvalue weighted by molar-refractivity contribution is 7.90. The van der Waals surface area contributed by atoms with Crippen LogP contribution in [0, 0.1) is 20.8 Å². The first-order chi connectivity index (χ1) is 18.8. The van der Waals surface area contributed by atoms with Crippen molar-refractivity contribution < 1.29 is 32.6 Å². The van der Waals surface area contributed by atoms with Gasteiger partial charge in [0.1, 0.15) is 23.0 Å². The molecule has 2 aromatic rings. The largest absolute Gasteiger partial charge is 0.487 e. The summed E-state index contributed by atoms with van der Waals surface area (Å²) < 4.78 is 42.0. The maximum absolute atomic E-state index is 13.4. The third-order valence-corrected chi connectivity index (χ3v) is 8.36. The molecule has 0 saturated heterocycles. The summed E-state index contributed by atoms with van der Waals surface area (Å²) >= 11 is 0. The van der Waals surface area contributed by atoms with Gasteiger partial charge in [-0.05, 0) is 108 Å². The average molecular weight is 589 g/mol. The van der Waals surface area contributed by atoms with Crippen molar-refractivity contribution in [2.45, 2.75) is 96.8 Å². The van der Waals surface area contributed by atoms with E-state index in [0.717, 1.165) is 23.3 Å². The Bertz CT molecular complexity index is 1470. The number of alkyl carbamates (subject to hydrolysis) is 1. The predicted octanol–water partition coefficient (Wildman–Crippen LogP) is 4.35. The Hall–Kier alpha value is -3.80. The minimum Gasteiger partial charge on any atom is -0.487 e. The summed E-state index contributed by atoms with van der Waals surface area (Å²) in [6, 6.07) is 5.28. The molecular weight excluding hydrogens is 548 g/mol. The fourth-order valence-corrected chi connectivity index (χ4v) is 6.14. The Kier molecular flexibility index (Phi) is 8.97.